The number of benzene rings is 2. The van der Waals surface area contributed by atoms with E-state index in [4.69, 9.17) is 4.98 Å². The van der Waals surface area contributed by atoms with Crippen LogP contribution in [0.4, 0.5) is 5.69 Å². The zero-order valence-electron chi connectivity index (χ0n) is 22.1. The lowest BCUT2D eigenvalue weighted by Gasteiger charge is -2.35. The van der Waals surface area contributed by atoms with Gasteiger partial charge in [-0.3, -0.25) is 14.5 Å². The summed E-state index contributed by atoms with van der Waals surface area (Å²) in [6.45, 7) is 7.56. The predicted molar refractivity (Wildman–Crippen MR) is 153 cm³/mol. The van der Waals surface area contributed by atoms with Gasteiger partial charge in [-0.25, -0.2) is 4.98 Å². The van der Waals surface area contributed by atoms with Crippen LogP contribution in [-0.2, 0) is 11.3 Å². The molecule has 0 atom stereocenters. The quantitative estimate of drug-likeness (QED) is 0.350. The van der Waals surface area contributed by atoms with Gasteiger partial charge in [0.1, 0.15) is 0 Å². The van der Waals surface area contributed by atoms with Gasteiger partial charge in [0.2, 0.25) is 5.91 Å². The van der Waals surface area contributed by atoms with Crippen LogP contribution in [0.3, 0.4) is 0 Å². The van der Waals surface area contributed by atoms with Crippen LogP contribution in [0.25, 0.3) is 11.4 Å². The maximum atomic E-state index is 13.7. The van der Waals surface area contributed by atoms with Gasteiger partial charge in [0, 0.05) is 56.5 Å². The Morgan fingerprint density at radius 3 is 2.24 bits per heavy atom. The normalized spacial score (nSPS) is 14.0. The van der Waals surface area contributed by atoms with E-state index in [-0.39, 0.29) is 11.8 Å². The van der Waals surface area contributed by atoms with Gasteiger partial charge in [0.25, 0.3) is 5.91 Å². The van der Waals surface area contributed by atoms with Crippen LogP contribution >= 0.6 is 11.3 Å². The molecule has 7 nitrogen and oxygen atoms in total. The van der Waals surface area contributed by atoms with Crippen LogP contribution < -0.4 is 4.90 Å². The fourth-order valence-corrected chi connectivity index (χ4v) is 5.50. The summed E-state index contributed by atoms with van der Waals surface area (Å²) >= 11 is 1.62. The summed E-state index contributed by atoms with van der Waals surface area (Å²) in [5, 5.41) is 3.06. The zero-order valence-corrected chi connectivity index (χ0v) is 22.9. The SMILES string of the molecule is Cc1nc(-c2cc(C(=O)N3CCN(CC(=O)N(C)c4ccccc4)CC3)c(C)n2Cc2ccccc2)cs1. The van der Waals surface area contributed by atoms with Crippen LogP contribution in [0.15, 0.2) is 72.1 Å². The van der Waals surface area contributed by atoms with Crippen LogP contribution in [0.2, 0.25) is 0 Å². The standard InChI is InChI=1S/C30H33N5O2S/c1-22-26(18-28(27-21-38-23(2)31-27)35(22)19-24-10-6-4-7-11-24)30(37)34-16-14-33(15-17-34)20-29(36)32(3)25-12-8-5-9-13-25/h4-13,18,21H,14-17,19-20H2,1-3H3. The lowest BCUT2D eigenvalue weighted by Crippen LogP contribution is -2.51. The highest BCUT2D eigenvalue weighted by atomic mass is 32.1. The van der Waals surface area contributed by atoms with Gasteiger partial charge in [-0.05, 0) is 37.6 Å². The smallest absolute Gasteiger partial charge is 0.255 e. The molecule has 1 fully saturated rings. The summed E-state index contributed by atoms with van der Waals surface area (Å²) in [5.41, 5.74) is 5.59. The maximum absolute atomic E-state index is 13.7. The number of hydrogen-bond acceptors (Lipinski definition) is 5. The van der Waals surface area contributed by atoms with Crippen molar-refractivity contribution in [3.63, 3.8) is 0 Å². The molecule has 1 aliphatic heterocycles. The first kappa shape index (κ1) is 25.9. The highest BCUT2D eigenvalue weighted by Crippen LogP contribution is 2.29. The molecule has 38 heavy (non-hydrogen) atoms. The molecule has 0 unspecified atom stereocenters. The molecule has 2 amide bonds. The Labute approximate surface area is 227 Å². The Bertz CT molecular complexity index is 1410. The molecule has 0 aliphatic carbocycles. The number of piperazine rings is 1. The Morgan fingerprint density at radius 1 is 0.947 bits per heavy atom. The molecule has 0 spiro atoms. The summed E-state index contributed by atoms with van der Waals surface area (Å²) in [6.07, 6.45) is 0. The fourth-order valence-electron chi connectivity index (χ4n) is 4.90. The first-order valence-corrected chi connectivity index (χ1v) is 13.8. The van der Waals surface area contributed by atoms with Crippen molar-refractivity contribution in [2.45, 2.75) is 20.4 Å². The van der Waals surface area contributed by atoms with Crippen molar-refractivity contribution in [3.8, 4) is 11.4 Å². The van der Waals surface area contributed by atoms with Gasteiger partial charge in [0.15, 0.2) is 0 Å². The van der Waals surface area contributed by atoms with Crippen molar-refractivity contribution < 1.29 is 9.59 Å². The van der Waals surface area contributed by atoms with Crippen LogP contribution in [0, 0.1) is 13.8 Å². The fraction of sp³-hybridized carbons (Fsp3) is 0.300. The molecule has 3 heterocycles. The summed E-state index contributed by atoms with van der Waals surface area (Å²) in [5.74, 6) is 0.0860. The highest BCUT2D eigenvalue weighted by Gasteiger charge is 2.28. The Hall–Kier alpha value is -3.75. The number of nitrogens with zero attached hydrogens (tertiary/aromatic N) is 5. The van der Waals surface area contributed by atoms with Gasteiger partial charge < -0.3 is 14.4 Å². The lowest BCUT2D eigenvalue weighted by atomic mass is 10.2. The van der Waals surface area contributed by atoms with Gasteiger partial charge in [-0.2, -0.15) is 0 Å². The van der Waals surface area contributed by atoms with Crippen molar-refractivity contribution in [3.05, 3.63) is 93.9 Å². The molecular weight excluding hydrogens is 494 g/mol. The molecule has 0 bridgehead atoms. The second kappa shape index (κ2) is 11.3. The van der Waals surface area contributed by atoms with Crippen molar-refractivity contribution in [1.29, 1.82) is 0 Å². The number of para-hydroxylation sites is 1. The minimum atomic E-state index is 0.0369. The molecule has 1 aliphatic rings. The summed E-state index contributed by atoms with van der Waals surface area (Å²) in [7, 11) is 1.81. The van der Waals surface area contributed by atoms with Crippen molar-refractivity contribution >= 4 is 28.8 Å². The molecule has 2 aromatic heterocycles. The molecule has 4 aromatic rings. The average molecular weight is 528 g/mol. The molecule has 196 valence electrons. The first-order chi connectivity index (χ1) is 18.4. The molecule has 0 N–H and O–H groups in total. The highest BCUT2D eigenvalue weighted by molar-refractivity contribution is 7.09. The largest absolute Gasteiger partial charge is 0.338 e. The summed E-state index contributed by atoms with van der Waals surface area (Å²) in [6, 6.07) is 22.0. The number of hydrogen-bond donors (Lipinski definition) is 0. The first-order valence-electron chi connectivity index (χ1n) is 12.9. The van der Waals surface area contributed by atoms with E-state index < -0.39 is 0 Å². The van der Waals surface area contributed by atoms with E-state index in [2.05, 4.69) is 27.0 Å². The van der Waals surface area contributed by atoms with Crippen LogP contribution in [0.1, 0.15) is 26.6 Å². The van der Waals surface area contributed by atoms with Crippen molar-refractivity contribution in [2.24, 2.45) is 0 Å². The third-order valence-corrected chi connectivity index (χ3v) is 7.97. The molecule has 8 heteroatoms. The van der Waals surface area contributed by atoms with Gasteiger partial charge in [0.05, 0.1) is 28.5 Å². The molecule has 2 aromatic carbocycles. The monoisotopic (exact) mass is 527 g/mol. The third kappa shape index (κ3) is 5.56. The molecule has 0 saturated carbocycles. The molecular formula is C30H33N5O2S. The van der Waals surface area contributed by atoms with Gasteiger partial charge in [-0.15, -0.1) is 11.3 Å². The van der Waals surface area contributed by atoms with E-state index in [1.807, 2.05) is 80.4 Å². The van der Waals surface area contributed by atoms with E-state index in [1.165, 1.54) is 5.56 Å². The molecule has 0 radical (unpaired) electrons. The topological polar surface area (TPSA) is 61.7 Å². The second-order valence-electron chi connectivity index (χ2n) is 9.71. The van der Waals surface area contributed by atoms with E-state index >= 15 is 0 Å². The zero-order chi connectivity index (χ0) is 26.6. The Kier molecular flexibility index (Phi) is 7.72. The Balaban J connectivity index is 1.29. The second-order valence-corrected chi connectivity index (χ2v) is 10.8. The van der Waals surface area contributed by atoms with Crippen molar-refractivity contribution in [1.82, 2.24) is 19.4 Å². The van der Waals surface area contributed by atoms with Crippen LogP contribution in [-0.4, -0.2) is 70.9 Å². The lowest BCUT2D eigenvalue weighted by molar-refractivity contribution is -0.119. The predicted octanol–water partition coefficient (Wildman–Crippen LogP) is 4.70. The average Bonchev–Trinajstić information content (AvgIpc) is 3.52. The number of rotatable bonds is 7. The minimum absolute atomic E-state index is 0.0369. The van der Waals surface area contributed by atoms with Crippen molar-refractivity contribution in [2.75, 3.05) is 44.7 Å². The molecule has 1 saturated heterocycles. The summed E-state index contributed by atoms with van der Waals surface area (Å²) in [4.78, 5) is 37.0. The summed E-state index contributed by atoms with van der Waals surface area (Å²) < 4.78 is 2.20. The van der Waals surface area contributed by atoms with E-state index in [1.54, 1.807) is 16.2 Å². The number of aromatic nitrogens is 2. The van der Waals surface area contributed by atoms with Crippen LogP contribution in [0.5, 0.6) is 0 Å². The number of carbonyl (C=O) groups is 2. The number of amides is 2. The van der Waals surface area contributed by atoms with Gasteiger partial charge in [-0.1, -0.05) is 48.5 Å². The van der Waals surface area contributed by atoms with E-state index in [0.29, 0.717) is 39.3 Å². The number of aryl methyl sites for hydroxylation is 1. The van der Waals surface area contributed by atoms with Gasteiger partial charge >= 0.3 is 0 Å². The maximum Gasteiger partial charge on any atom is 0.255 e. The van der Waals surface area contributed by atoms with E-state index in [0.717, 1.165) is 33.3 Å². The number of anilines is 1. The number of likely N-dealkylation sites (N-methyl/N-ethyl adjacent to an activating group) is 1. The number of thiazole rings is 1. The Morgan fingerprint density at radius 2 is 1.61 bits per heavy atom. The molecule has 5 rings (SSSR count). The third-order valence-electron chi connectivity index (χ3n) is 7.20. The minimum Gasteiger partial charge on any atom is -0.338 e. The van der Waals surface area contributed by atoms with E-state index in [9.17, 15) is 9.59 Å². The number of carbonyl (C=O) groups excluding carboxylic acids is 2.